The van der Waals surface area contributed by atoms with E-state index in [1.807, 2.05) is 42.5 Å². The zero-order valence-electron chi connectivity index (χ0n) is 19.3. The lowest BCUT2D eigenvalue weighted by atomic mass is 10.0. The number of ether oxygens (including phenoxy) is 1. The minimum absolute atomic E-state index is 0.0845. The fraction of sp³-hybridized carbons (Fsp3) is 0.231. The van der Waals surface area contributed by atoms with Crippen LogP contribution in [0.15, 0.2) is 78.9 Å². The number of halogens is 1. The highest BCUT2D eigenvalue weighted by molar-refractivity contribution is 5.89. The van der Waals surface area contributed by atoms with Gasteiger partial charge in [-0.15, -0.1) is 5.10 Å². The van der Waals surface area contributed by atoms with Crippen LogP contribution in [-0.2, 0) is 27.4 Å². The number of para-hydroxylation sites is 1. The quantitative estimate of drug-likeness (QED) is 0.381. The first-order chi connectivity index (χ1) is 17.1. The Kier molecular flexibility index (Phi) is 7.79. The molecule has 0 aliphatic heterocycles. The lowest BCUT2D eigenvalue weighted by molar-refractivity contribution is -0.142. The van der Waals surface area contributed by atoms with Crippen molar-refractivity contribution >= 4 is 22.8 Å². The zero-order chi connectivity index (χ0) is 24.6. The molecule has 4 rings (SSSR count). The van der Waals surface area contributed by atoms with Gasteiger partial charge in [0.05, 0.1) is 12.1 Å². The van der Waals surface area contributed by atoms with Gasteiger partial charge < -0.3 is 15.0 Å². The molecule has 8 nitrogen and oxygen atoms in total. The number of methoxy groups -OCH3 is 1. The maximum Gasteiger partial charge on any atom is 0.247 e. The van der Waals surface area contributed by atoms with Crippen molar-refractivity contribution in [3.63, 3.8) is 0 Å². The van der Waals surface area contributed by atoms with Crippen molar-refractivity contribution in [3.8, 4) is 0 Å². The van der Waals surface area contributed by atoms with E-state index in [1.165, 1.54) is 21.7 Å². The van der Waals surface area contributed by atoms with Gasteiger partial charge in [0.25, 0.3) is 0 Å². The number of nitrogens with zero attached hydrogens (tertiary/aromatic N) is 4. The number of hydrogen-bond acceptors (Lipinski definition) is 5. The Balaban J connectivity index is 1.60. The van der Waals surface area contributed by atoms with Gasteiger partial charge in [-0.2, -0.15) is 0 Å². The molecule has 0 saturated heterocycles. The summed E-state index contributed by atoms with van der Waals surface area (Å²) in [4.78, 5) is 28.5. The van der Waals surface area contributed by atoms with E-state index in [2.05, 4.69) is 15.6 Å². The summed E-state index contributed by atoms with van der Waals surface area (Å²) in [6.45, 7) is 0.561. The lowest BCUT2D eigenvalue weighted by Gasteiger charge is -2.31. The summed E-state index contributed by atoms with van der Waals surface area (Å²) in [6.07, 6.45) is 0. The second-order valence-corrected chi connectivity index (χ2v) is 7.97. The van der Waals surface area contributed by atoms with Gasteiger partial charge in [-0.3, -0.25) is 9.59 Å². The Bertz CT molecular complexity index is 1280. The second kappa shape index (κ2) is 11.3. The highest BCUT2D eigenvalue weighted by Gasteiger charge is 2.31. The fourth-order valence-electron chi connectivity index (χ4n) is 3.84. The van der Waals surface area contributed by atoms with Crippen molar-refractivity contribution in [2.24, 2.45) is 0 Å². The summed E-state index contributed by atoms with van der Waals surface area (Å²) in [5, 5.41) is 11.1. The highest BCUT2D eigenvalue weighted by Crippen LogP contribution is 2.22. The van der Waals surface area contributed by atoms with Crippen molar-refractivity contribution in [3.05, 3.63) is 95.8 Å². The van der Waals surface area contributed by atoms with Crippen LogP contribution in [0, 0.1) is 5.82 Å². The average molecular weight is 476 g/mol. The number of hydrogen-bond donors (Lipinski definition) is 1. The number of rotatable bonds is 10. The topological polar surface area (TPSA) is 89.3 Å². The van der Waals surface area contributed by atoms with Gasteiger partial charge in [0, 0.05) is 20.2 Å². The molecule has 0 radical (unpaired) electrons. The predicted molar refractivity (Wildman–Crippen MR) is 129 cm³/mol. The molecule has 0 fully saturated rings. The van der Waals surface area contributed by atoms with Crippen molar-refractivity contribution in [2.45, 2.75) is 19.1 Å². The SMILES string of the molecule is COCCN(C(=O)Cn1nnc2ccccc21)[C@@H](C(=O)NCc1ccc(F)cc1)c1ccccc1. The number of carbonyl (C=O) groups excluding carboxylic acids is 2. The van der Waals surface area contributed by atoms with Crippen LogP contribution in [0.4, 0.5) is 4.39 Å². The molecule has 4 aromatic rings. The first-order valence-corrected chi connectivity index (χ1v) is 11.2. The smallest absolute Gasteiger partial charge is 0.247 e. The summed E-state index contributed by atoms with van der Waals surface area (Å²) in [5.74, 6) is -1.00. The normalized spacial score (nSPS) is 11.8. The molecule has 3 aromatic carbocycles. The van der Waals surface area contributed by atoms with Crippen molar-refractivity contribution in [2.75, 3.05) is 20.3 Å². The minimum atomic E-state index is -0.894. The van der Waals surface area contributed by atoms with Gasteiger partial charge in [-0.25, -0.2) is 9.07 Å². The van der Waals surface area contributed by atoms with Crippen LogP contribution in [0.2, 0.25) is 0 Å². The van der Waals surface area contributed by atoms with E-state index in [9.17, 15) is 14.0 Å². The molecule has 0 aliphatic carbocycles. The van der Waals surface area contributed by atoms with Gasteiger partial charge in [0.15, 0.2) is 0 Å². The number of benzene rings is 3. The van der Waals surface area contributed by atoms with E-state index < -0.39 is 6.04 Å². The standard InChI is InChI=1S/C26H26FN5O3/c1-35-16-15-31(24(33)18-32-23-10-6-5-9-22(23)29-30-32)25(20-7-3-2-4-8-20)26(34)28-17-19-11-13-21(27)14-12-19/h2-14,25H,15-18H2,1H3,(H,28,34)/t25-/m1/s1. The molecule has 1 heterocycles. The Hall–Kier alpha value is -4.11. The monoisotopic (exact) mass is 475 g/mol. The summed E-state index contributed by atoms with van der Waals surface area (Å²) < 4.78 is 20.0. The van der Waals surface area contributed by atoms with Crippen LogP contribution in [-0.4, -0.2) is 52.0 Å². The van der Waals surface area contributed by atoms with Gasteiger partial charge in [-0.1, -0.05) is 59.8 Å². The molecular weight excluding hydrogens is 449 g/mol. The van der Waals surface area contributed by atoms with E-state index in [1.54, 1.807) is 31.4 Å². The highest BCUT2D eigenvalue weighted by atomic mass is 19.1. The molecular formula is C26H26FN5O3. The first kappa shape index (κ1) is 24.0. The fourth-order valence-corrected chi connectivity index (χ4v) is 3.84. The van der Waals surface area contributed by atoms with Crippen LogP contribution in [0.5, 0.6) is 0 Å². The van der Waals surface area contributed by atoms with Crippen LogP contribution < -0.4 is 5.32 Å². The third kappa shape index (κ3) is 5.88. The van der Waals surface area contributed by atoms with Crippen LogP contribution in [0.25, 0.3) is 11.0 Å². The molecule has 1 aromatic heterocycles. The molecule has 180 valence electrons. The molecule has 1 atom stereocenters. The Morgan fingerprint density at radius 2 is 1.74 bits per heavy atom. The molecule has 9 heteroatoms. The number of aromatic nitrogens is 3. The van der Waals surface area contributed by atoms with E-state index >= 15 is 0 Å². The number of fused-ring (bicyclic) bond motifs is 1. The van der Waals surface area contributed by atoms with Crippen LogP contribution in [0.3, 0.4) is 0 Å². The largest absolute Gasteiger partial charge is 0.383 e. The Labute approximate surface area is 202 Å². The molecule has 0 bridgehead atoms. The van der Waals surface area contributed by atoms with Crippen molar-refractivity contribution < 1.29 is 18.7 Å². The zero-order valence-corrected chi connectivity index (χ0v) is 19.3. The molecule has 35 heavy (non-hydrogen) atoms. The van der Waals surface area contributed by atoms with Gasteiger partial charge in [-0.05, 0) is 35.4 Å². The molecule has 1 N–H and O–H groups in total. The van der Waals surface area contributed by atoms with Gasteiger partial charge in [0.1, 0.15) is 23.9 Å². The number of amides is 2. The van der Waals surface area contributed by atoms with Crippen molar-refractivity contribution in [1.29, 1.82) is 0 Å². The van der Waals surface area contributed by atoms with Crippen LogP contribution >= 0.6 is 0 Å². The maximum absolute atomic E-state index is 13.6. The average Bonchev–Trinajstić information content (AvgIpc) is 3.29. The van der Waals surface area contributed by atoms with E-state index in [0.29, 0.717) is 11.1 Å². The maximum atomic E-state index is 13.6. The summed E-state index contributed by atoms with van der Waals surface area (Å²) in [6, 6.07) is 21.5. The minimum Gasteiger partial charge on any atom is -0.383 e. The van der Waals surface area contributed by atoms with Crippen molar-refractivity contribution in [1.82, 2.24) is 25.2 Å². The third-order valence-corrected chi connectivity index (χ3v) is 5.62. The number of carbonyl (C=O) groups is 2. The molecule has 0 unspecified atom stereocenters. The third-order valence-electron chi connectivity index (χ3n) is 5.62. The second-order valence-electron chi connectivity index (χ2n) is 7.97. The van der Waals surface area contributed by atoms with Gasteiger partial charge in [0.2, 0.25) is 11.8 Å². The Morgan fingerprint density at radius 1 is 1.03 bits per heavy atom. The first-order valence-electron chi connectivity index (χ1n) is 11.2. The van der Waals surface area contributed by atoms with E-state index in [-0.39, 0.29) is 43.9 Å². The molecule has 0 aliphatic rings. The molecule has 2 amide bonds. The molecule has 0 saturated carbocycles. The lowest BCUT2D eigenvalue weighted by Crippen LogP contribution is -2.46. The Morgan fingerprint density at radius 3 is 2.49 bits per heavy atom. The van der Waals surface area contributed by atoms with E-state index in [0.717, 1.165) is 11.1 Å². The summed E-state index contributed by atoms with van der Waals surface area (Å²) >= 11 is 0. The van der Waals surface area contributed by atoms with Crippen LogP contribution in [0.1, 0.15) is 17.2 Å². The number of nitrogens with one attached hydrogen (secondary N) is 1. The summed E-state index contributed by atoms with van der Waals surface area (Å²) in [7, 11) is 1.54. The van der Waals surface area contributed by atoms with Gasteiger partial charge >= 0.3 is 0 Å². The van der Waals surface area contributed by atoms with E-state index in [4.69, 9.17) is 4.74 Å². The predicted octanol–water partition coefficient (Wildman–Crippen LogP) is 3.10. The molecule has 0 spiro atoms. The summed E-state index contributed by atoms with van der Waals surface area (Å²) in [5.41, 5.74) is 2.82.